The van der Waals surface area contributed by atoms with Gasteiger partial charge >= 0.3 is 0 Å². The highest BCUT2D eigenvalue weighted by Crippen LogP contribution is 2.10. The van der Waals surface area contributed by atoms with Crippen LogP contribution in [0.3, 0.4) is 0 Å². The molecule has 0 rings (SSSR count). The van der Waals surface area contributed by atoms with Gasteiger partial charge in [0.2, 0.25) is 0 Å². The van der Waals surface area contributed by atoms with Crippen molar-refractivity contribution in [1.29, 1.82) is 0 Å². The normalized spacial score (nSPS) is 11.6. The number of terminal acetylenes is 1. The molecule has 0 atom stereocenters. The Morgan fingerprint density at radius 3 is 2.00 bits per heavy atom. The second-order valence-electron chi connectivity index (χ2n) is 3.39. The molecule has 0 saturated carbocycles. The van der Waals surface area contributed by atoms with Crippen molar-refractivity contribution in [3.8, 4) is 12.3 Å². The Bertz CT molecular complexity index is 125. The monoisotopic (exact) mass is 139 g/mol. The lowest BCUT2D eigenvalue weighted by atomic mass is 10.1. The minimum atomic E-state index is 0.209. The molecule has 10 heavy (non-hydrogen) atoms. The molecule has 1 heteroatoms. The van der Waals surface area contributed by atoms with E-state index in [0.717, 1.165) is 13.1 Å². The van der Waals surface area contributed by atoms with E-state index in [2.05, 4.69) is 38.5 Å². The smallest absolute Gasteiger partial charge is 0.0603 e. The van der Waals surface area contributed by atoms with E-state index in [1.165, 1.54) is 0 Å². The average molecular weight is 139 g/mol. The SMILES string of the molecule is C#CCN(CC)C(C)(C)C. The lowest BCUT2D eigenvalue weighted by Gasteiger charge is -2.32. The van der Waals surface area contributed by atoms with Gasteiger partial charge in [0.05, 0.1) is 6.54 Å². The van der Waals surface area contributed by atoms with Crippen molar-refractivity contribution in [2.75, 3.05) is 13.1 Å². The van der Waals surface area contributed by atoms with E-state index in [9.17, 15) is 0 Å². The third kappa shape index (κ3) is 2.89. The summed E-state index contributed by atoms with van der Waals surface area (Å²) in [5.74, 6) is 2.65. The molecule has 0 aliphatic rings. The van der Waals surface area contributed by atoms with Crippen LogP contribution >= 0.6 is 0 Å². The summed E-state index contributed by atoms with van der Waals surface area (Å²) in [6.07, 6.45) is 5.21. The van der Waals surface area contributed by atoms with Crippen LogP contribution in [0.2, 0.25) is 0 Å². The van der Waals surface area contributed by atoms with E-state index >= 15 is 0 Å². The van der Waals surface area contributed by atoms with Crippen LogP contribution in [-0.4, -0.2) is 23.5 Å². The topological polar surface area (TPSA) is 3.24 Å². The van der Waals surface area contributed by atoms with Crippen molar-refractivity contribution >= 4 is 0 Å². The summed E-state index contributed by atoms with van der Waals surface area (Å²) in [6, 6.07) is 0. The van der Waals surface area contributed by atoms with Gasteiger partial charge in [-0.15, -0.1) is 6.42 Å². The third-order valence-electron chi connectivity index (χ3n) is 1.61. The molecule has 0 unspecified atom stereocenters. The predicted molar refractivity (Wildman–Crippen MR) is 45.8 cm³/mol. The molecule has 0 fully saturated rings. The molecule has 0 aromatic rings. The Morgan fingerprint density at radius 1 is 1.40 bits per heavy atom. The van der Waals surface area contributed by atoms with Gasteiger partial charge < -0.3 is 0 Å². The van der Waals surface area contributed by atoms with Crippen molar-refractivity contribution in [3.63, 3.8) is 0 Å². The molecule has 0 aromatic heterocycles. The number of nitrogens with zero attached hydrogens (tertiary/aromatic N) is 1. The van der Waals surface area contributed by atoms with Crippen LogP contribution in [0, 0.1) is 12.3 Å². The molecule has 0 aliphatic heterocycles. The van der Waals surface area contributed by atoms with Crippen molar-refractivity contribution in [2.24, 2.45) is 0 Å². The first-order valence-corrected chi connectivity index (χ1v) is 3.71. The summed E-state index contributed by atoms with van der Waals surface area (Å²) in [7, 11) is 0. The maximum Gasteiger partial charge on any atom is 0.0603 e. The summed E-state index contributed by atoms with van der Waals surface area (Å²) < 4.78 is 0. The molecule has 0 saturated heterocycles. The molecule has 0 N–H and O–H groups in total. The summed E-state index contributed by atoms with van der Waals surface area (Å²) in [5.41, 5.74) is 0.209. The molecule has 0 radical (unpaired) electrons. The number of rotatable bonds is 2. The van der Waals surface area contributed by atoms with Gasteiger partial charge in [0.25, 0.3) is 0 Å². The lowest BCUT2D eigenvalue weighted by molar-refractivity contribution is 0.166. The van der Waals surface area contributed by atoms with Gasteiger partial charge in [-0.2, -0.15) is 0 Å². The highest BCUT2D eigenvalue weighted by atomic mass is 15.2. The minimum Gasteiger partial charge on any atom is -0.288 e. The maximum atomic E-state index is 5.21. The van der Waals surface area contributed by atoms with E-state index in [0.29, 0.717) is 0 Å². The van der Waals surface area contributed by atoms with Gasteiger partial charge in [-0.1, -0.05) is 12.8 Å². The zero-order valence-electron chi connectivity index (χ0n) is 7.44. The van der Waals surface area contributed by atoms with Crippen molar-refractivity contribution in [2.45, 2.75) is 33.2 Å². The van der Waals surface area contributed by atoms with E-state index in [-0.39, 0.29) is 5.54 Å². The molecule has 0 aliphatic carbocycles. The van der Waals surface area contributed by atoms with E-state index in [1.807, 2.05) is 0 Å². The van der Waals surface area contributed by atoms with Crippen LogP contribution < -0.4 is 0 Å². The largest absolute Gasteiger partial charge is 0.288 e. The first kappa shape index (κ1) is 9.52. The lowest BCUT2D eigenvalue weighted by Crippen LogP contribution is -2.41. The number of hydrogen-bond acceptors (Lipinski definition) is 1. The van der Waals surface area contributed by atoms with Gasteiger partial charge in [0.15, 0.2) is 0 Å². The Kier molecular flexibility index (Phi) is 3.46. The molecular weight excluding hydrogens is 122 g/mol. The zero-order valence-corrected chi connectivity index (χ0v) is 7.44. The molecule has 0 heterocycles. The van der Waals surface area contributed by atoms with Crippen molar-refractivity contribution in [3.05, 3.63) is 0 Å². The summed E-state index contributed by atoms with van der Waals surface area (Å²) in [6.45, 7) is 10.4. The first-order chi connectivity index (χ1) is 4.52. The predicted octanol–water partition coefficient (Wildman–Crippen LogP) is 1.74. The third-order valence-corrected chi connectivity index (χ3v) is 1.61. The number of hydrogen-bond donors (Lipinski definition) is 0. The van der Waals surface area contributed by atoms with Gasteiger partial charge in [0.1, 0.15) is 0 Å². The molecule has 0 spiro atoms. The fourth-order valence-electron chi connectivity index (χ4n) is 0.934. The standard InChI is InChI=1S/C9H17N/c1-6-8-10(7-2)9(3,4)5/h1H,7-8H2,2-5H3. The van der Waals surface area contributed by atoms with Crippen LogP contribution in [0.25, 0.3) is 0 Å². The second-order valence-corrected chi connectivity index (χ2v) is 3.39. The van der Waals surface area contributed by atoms with Crippen LogP contribution in [-0.2, 0) is 0 Å². The molecule has 1 nitrogen and oxygen atoms in total. The highest BCUT2D eigenvalue weighted by Gasteiger charge is 2.17. The van der Waals surface area contributed by atoms with Crippen molar-refractivity contribution in [1.82, 2.24) is 4.90 Å². The van der Waals surface area contributed by atoms with Crippen molar-refractivity contribution < 1.29 is 0 Å². The molecular formula is C9H17N. The molecule has 0 amide bonds. The molecule has 0 aromatic carbocycles. The second kappa shape index (κ2) is 3.63. The van der Waals surface area contributed by atoms with E-state index in [1.54, 1.807) is 0 Å². The quantitative estimate of drug-likeness (QED) is 0.527. The summed E-state index contributed by atoms with van der Waals surface area (Å²) in [4.78, 5) is 2.26. The summed E-state index contributed by atoms with van der Waals surface area (Å²) in [5, 5.41) is 0. The van der Waals surface area contributed by atoms with Gasteiger partial charge in [0, 0.05) is 5.54 Å². The highest BCUT2D eigenvalue weighted by molar-refractivity contribution is 4.91. The molecule has 58 valence electrons. The minimum absolute atomic E-state index is 0.209. The van der Waals surface area contributed by atoms with Crippen LogP contribution in [0.4, 0.5) is 0 Å². The van der Waals surface area contributed by atoms with Crippen LogP contribution in [0.5, 0.6) is 0 Å². The van der Waals surface area contributed by atoms with Gasteiger partial charge in [-0.3, -0.25) is 4.90 Å². The van der Waals surface area contributed by atoms with Crippen LogP contribution in [0.1, 0.15) is 27.7 Å². The first-order valence-electron chi connectivity index (χ1n) is 3.71. The average Bonchev–Trinajstić information content (AvgIpc) is 1.80. The zero-order chi connectivity index (χ0) is 8.20. The van der Waals surface area contributed by atoms with Gasteiger partial charge in [-0.05, 0) is 27.3 Å². The fourth-order valence-corrected chi connectivity index (χ4v) is 0.934. The Morgan fingerprint density at radius 2 is 1.90 bits per heavy atom. The van der Waals surface area contributed by atoms with E-state index < -0.39 is 0 Å². The van der Waals surface area contributed by atoms with E-state index in [4.69, 9.17) is 6.42 Å². The Balaban J connectivity index is 3.97. The summed E-state index contributed by atoms with van der Waals surface area (Å²) >= 11 is 0. The molecule has 0 bridgehead atoms. The van der Waals surface area contributed by atoms with Gasteiger partial charge in [-0.25, -0.2) is 0 Å². The fraction of sp³-hybridized carbons (Fsp3) is 0.778. The Labute approximate surface area is 64.4 Å². The maximum absolute atomic E-state index is 5.21. The Hall–Kier alpha value is -0.480. The van der Waals surface area contributed by atoms with Crippen LogP contribution in [0.15, 0.2) is 0 Å².